The van der Waals surface area contributed by atoms with E-state index in [2.05, 4.69) is 51.5 Å². The summed E-state index contributed by atoms with van der Waals surface area (Å²) in [5.74, 6) is 1.13. The maximum Gasteiger partial charge on any atom is 0.243 e. The quantitative estimate of drug-likeness (QED) is 0.534. The van der Waals surface area contributed by atoms with Crippen molar-refractivity contribution < 1.29 is 4.52 Å². The Labute approximate surface area is 164 Å². The molecule has 6 heteroatoms. The van der Waals surface area contributed by atoms with Gasteiger partial charge in [0.2, 0.25) is 5.89 Å². The smallest absolute Gasteiger partial charge is 0.243 e. The molecule has 0 aliphatic rings. The SMILES string of the molecule is Cn1cnc(CC[C@H](N)c2nc(Cc3ccc(-c4ccccc4)cc3)no2)c1. The van der Waals surface area contributed by atoms with E-state index in [1.165, 1.54) is 11.1 Å². The molecule has 28 heavy (non-hydrogen) atoms. The molecule has 2 heterocycles. The number of hydrogen-bond donors (Lipinski definition) is 1. The maximum atomic E-state index is 6.21. The van der Waals surface area contributed by atoms with Gasteiger partial charge >= 0.3 is 0 Å². The van der Waals surface area contributed by atoms with Crippen molar-refractivity contribution in [3.63, 3.8) is 0 Å². The van der Waals surface area contributed by atoms with Crippen LogP contribution in [0.5, 0.6) is 0 Å². The van der Waals surface area contributed by atoms with Gasteiger partial charge in [-0.25, -0.2) is 4.98 Å². The first-order valence-corrected chi connectivity index (χ1v) is 9.36. The van der Waals surface area contributed by atoms with Crippen LogP contribution in [0.15, 0.2) is 71.6 Å². The predicted octanol–water partition coefficient (Wildman–Crippen LogP) is 3.69. The third-order valence-corrected chi connectivity index (χ3v) is 4.69. The first-order chi connectivity index (χ1) is 13.7. The topological polar surface area (TPSA) is 82.8 Å². The summed E-state index contributed by atoms with van der Waals surface area (Å²) in [5.41, 5.74) is 10.7. The Bertz CT molecular complexity index is 1020. The van der Waals surface area contributed by atoms with Gasteiger partial charge in [-0.15, -0.1) is 0 Å². The molecule has 0 saturated heterocycles. The van der Waals surface area contributed by atoms with Crippen LogP contribution < -0.4 is 5.73 Å². The van der Waals surface area contributed by atoms with E-state index in [1.54, 1.807) is 6.33 Å². The lowest BCUT2D eigenvalue weighted by Gasteiger charge is -2.04. The Morgan fingerprint density at radius 1 is 1.04 bits per heavy atom. The van der Waals surface area contributed by atoms with E-state index < -0.39 is 0 Å². The normalized spacial score (nSPS) is 12.2. The van der Waals surface area contributed by atoms with Crippen molar-refractivity contribution in [2.24, 2.45) is 12.8 Å². The fourth-order valence-electron chi connectivity index (χ4n) is 3.14. The molecule has 0 saturated carbocycles. The van der Waals surface area contributed by atoms with Crippen LogP contribution in [0.1, 0.15) is 35.4 Å². The molecule has 0 aliphatic heterocycles. The largest absolute Gasteiger partial charge is 0.340 e. The minimum absolute atomic E-state index is 0.288. The van der Waals surface area contributed by atoms with Gasteiger partial charge in [-0.2, -0.15) is 4.98 Å². The third-order valence-electron chi connectivity index (χ3n) is 4.69. The molecule has 2 aromatic carbocycles. The molecule has 6 nitrogen and oxygen atoms in total. The Balaban J connectivity index is 1.36. The molecule has 0 amide bonds. The van der Waals surface area contributed by atoms with E-state index in [4.69, 9.17) is 10.3 Å². The van der Waals surface area contributed by atoms with Gasteiger partial charge in [0.25, 0.3) is 0 Å². The van der Waals surface area contributed by atoms with E-state index in [9.17, 15) is 0 Å². The van der Waals surface area contributed by atoms with Crippen LogP contribution in [0.3, 0.4) is 0 Å². The summed E-state index contributed by atoms with van der Waals surface area (Å²) in [4.78, 5) is 8.79. The number of imidazole rings is 1. The molecule has 0 fully saturated rings. The zero-order valence-electron chi connectivity index (χ0n) is 15.8. The number of nitrogens with zero attached hydrogens (tertiary/aromatic N) is 4. The minimum Gasteiger partial charge on any atom is -0.340 e. The number of aromatic nitrogens is 4. The van der Waals surface area contributed by atoms with Crippen molar-refractivity contribution in [2.75, 3.05) is 0 Å². The maximum absolute atomic E-state index is 6.21. The lowest BCUT2D eigenvalue weighted by molar-refractivity contribution is 0.345. The fourth-order valence-corrected chi connectivity index (χ4v) is 3.14. The van der Waals surface area contributed by atoms with Gasteiger partial charge in [0.05, 0.1) is 18.1 Å². The summed E-state index contributed by atoms with van der Waals surface area (Å²) in [6.45, 7) is 0. The van der Waals surface area contributed by atoms with Gasteiger partial charge in [-0.05, 0) is 29.5 Å². The molecule has 0 aliphatic carbocycles. The van der Waals surface area contributed by atoms with Gasteiger partial charge in [0.15, 0.2) is 5.82 Å². The predicted molar refractivity (Wildman–Crippen MR) is 107 cm³/mol. The Morgan fingerprint density at radius 2 is 1.79 bits per heavy atom. The van der Waals surface area contributed by atoms with E-state index in [0.29, 0.717) is 24.6 Å². The molecular formula is C22H23N5O. The highest BCUT2D eigenvalue weighted by Gasteiger charge is 2.15. The van der Waals surface area contributed by atoms with Gasteiger partial charge in [-0.1, -0.05) is 59.8 Å². The molecule has 2 aromatic heterocycles. The highest BCUT2D eigenvalue weighted by Crippen LogP contribution is 2.20. The molecule has 4 rings (SSSR count). The average molecular weight is 373 g/mol. The summed E-state index contributed by atoms with van der Waals surface area (Å²) >= 11 is 0. The first kappa shape index (κ1) is 18.1. The van der Waals surface area contributed by atoms with Crippen LogP contribution in [-0.2, 0) is 19.9 Å². The second kappa shape index (κ2) is 8.19. The number of hydrogen-bond acceptors (Lipinski definition) is 5. The van der Waals surface area contributed by atoms with Gasteiger partial charge in [-0.3, -0.25) is 0 Å². The van der Waals surface area contributed by atoms with Crippen LogP contribution in [0.25, 0.3) is 11.1 Å². The second-order valence-electron chi connectivity index (χ2n) is 6.96. The van der Waals surface area contributed by atoms with E-state index in [1.807, 2.05) is 36.0 Å². The van der Waals surface area contributed by atoms with Crippen LogP contribution in [0, 0.1) is 0 Å². The molecule has 4 aromatic rings. The van der Waals surface area contributed by atoms with Crippen molar-refractivity contribution in [1.82, 2.24) is 19.7 Å². The van der Waals surface area contributed by atoms with Gasteiger partial charge < -0.3 is 14.8 Å². The van der Waals surface area contributed by atoms with Crippen molar-refractivity contribution in [3.8, 4) is 11.1 Å². The zero-order valence-corrected chi connectivity index (χ0v) is 15.8. The van der Waals surface area contributed by atoms with Gasteiger partial charge in [0.1, 0.15) is 0 Å². The Kier molecular flexibility index (Phi) is 5.30. The summed E-state index contributed by atoms with van der Waals surface area (Å²) < 4.78 is 7.30. The van der Waals surface area contributed by atoms with Crippen LogP contribution >= 0.6 is 0 Å². The zero-order chi connectivity index (χ0) is 19.3. The van der Waals surface area contributed by atoms with Crippen molar-refractivity contribution in [1.29, 1.82) is 0 Å². The molecular weight excluding hydrogens is 350 g/mol. The molecule has 0 bridgehead atoms. The van der Waals surface area contributed by atoms with E-state index in [0.717, 1.165) is 17.7 Å². The standard InChI is InChI=1S/C22H23N5O/c1-27-14-19(24-15-27)11-12-20(23)22-25-21(26-28-22)13-16-7-9-18(10-8-16)17-5-3-2-4-6-17/h2-10,14-15,20H,11-13,23H2,1H3/t20-/m0/s1. The first-order valence-electron chi connectivity index (χ1n) is 9.36. The Morgan fingerprint density at radius 3 is 2.50 bits per heavy atom. The Hall–Kier alpha value is -3.25. The summed E-state index contributed by atoms with van der Waals surface area (Å²) in [5, 5.41) is 4.09. The average Bonchev–Trinajstić information content (AvgIpc) is 3.36. The third kappa shape index (κ3) is 4.35. The molecule has 142 valence electrons. The van der Waals surface area contributed by atoms with Crippen molar-refractivity contribution in [2.45, 2.75) is 25.3 Å². The highest BCUT2D eigenvalue weighted by atomic mass is 16.5. The monoisotopic (exact) mass is 373 g/mol. The molecule has 1 atom stereocenters. The number of benzene rings is 2. The highest BCUT2D eigenvalue weighted by molar-refractivity contribution is 5.63. The van der Waals surface area contributed by atoms with Crippen LogP contribution in [0.2, 0.25) is 0 Å². The molecule has 0 radical (unpaired) electrons. The van der Waals surface area contributed by atoms with E-state index >= 15 is 0 Å². The second-order valence-corrected chi connectivity index (χ2v) is 6.96. The lowest BCUT2D eigenvalue weighted by Crippen LogP contribution is -2.12. The number of rotatable bonds is 7. The van der Waals surface area contributed by atoms with Gasteiger partial charge in [0, 0.05) is 19.7 Å². The van der Waals surface area contributed by atoms with Crippen molar-refractivity contribution >= 4 is 0 Å². The molecule has 0 unspecified atom stereocenters. The molecule has 0 spiro atoms. The molecule has 2 N–H and O–H groups in total. The number of aryl methyl sites for hydroxylation is 2. The summed E-state index contributed by atoms with van der Waals surface area (Å²) in [6, 6.07) is 18.4. The van der Waals surface area contributed by atoms with Crippen LogP contribution in [0.4, 0.5) is 0 Å². The lowest BCUT2D eigenvalue weighted by atomic mass is 10.0. The summed E-state index contributed by atoms with van der Waals surface area (Å²) in [6.07, 6.45) is 5.89. The number of nitrogens with two attached hydrogens (primary N) is 1. The van der Waals surface area contributed by atoms with Crippen molar-refractivity contribution in [3.05, 3.63) is 90.1 Å². The van der Waals surface area contributed by atoms with E-state index in [-0.39, 0.29) is 6.04 Å². The minimum atomic E-state index is -0.288. The van der Waals surface area contributed by atoms with Crippen LogP contribution in [-0.4, -0.2) is 19.7 Å². The summed E-state index contributed by atoms with van der Waals surface area (Å²) in [7, 11) is 1.95. The fraction of sp³-hybridized carbons (Fsp3) is 0.227.